The zero-order chi connectivity index (χ0) is 16.1. The highest BCUT2D eigenvalue weighted by Crippen LogP contribution is 2.23. The lowest BCUT2D eigenvalue weighted by molar-refractivity contribution is 0.286. The van der Waals surface area contributed by atoms with Gasteiger partial charge in [0, 0.05) is 36.8 Å². The predicted octanol–water partition coefficient (Wildman–Crippen LogP) is 3.47. The number of aliphatic hydroxyl groups is 1. The molecule has 0 saturated heterocycles. The molecule has 0 aliphatic carbocycles. The molecule has 0 unspecified atom stereocenters. The van der Waals surface area contributed by atoms with Crippen LogP contribution in [0.1, 0.15) is 23.1 Å². The van der Waals surface area contributed by atoms with E-state index in [0.29, 0.717) is 0 Å². The maximum absolute atomic E-state index is 8.89. The normalized spacial score (nSPS) is 11.2. The standard InChI is InChI=1S/C20H24N2O/c1-16-7-2-3-8-17(16)14-22-15-18(13-21-11-6-12-23)19-9-4-5-10-20(19)22/h2-5,7-10,15,21,23H,6,11-14H2,1H3. The molecule has 1 heterocycles. The first-order valence-electron chi connectivity index (χ1n) is 8.22. The summed E-state index contributed by atoms with van der Waals surface area (Å²) in [6, 6.07) is 17.1. The number of para-hydroxylation sites is 1. The molecule has 0 radical (unpaired) electrons. The lowest BCUT2D eigenvalue weighted by atomic mass is 10.1. The largest absolute Gasteiger partial charge is 0.396 e. The average molecular weight is 308 g/mol. The van der Waals surface area contributed by atoms with Crippen molar-refractivity contribution in [2.75, 3.05) is 13.2 Å². The summed E-state index contributed by atoms with van der Waals surface area (Å²) < 4.78 is 2.33. The molecule has 0 aliphatic heterocycles. The molecule has 1 aromatic heterocycles. The van der Waals surface area contributed by atoms with Gasteiger partial charge in [-0.15, -0.1) is 0 Å². The van der Waals surface area contributed by atoms with E-state index >= 15 is 0 Å². The zero-order valence-corrected chi connectivity index (χ0v) is 13.6. The number of aliphatic hydroxyl groups excluding tert-OH is 1. The van der Waals surface area contributed by atoms with E-state index in [-0.39, 0.29) is 6.61 Å². The van der Waals surface area contributed by atoms with Crippen molar-refractivity contribution >= 4 is 10.9 Å². The molecule has 2 N–H and O–H groups in total. The minimum Gasteiger partial charge on any atom is -0.396 e. The molecule has 120 valence electrons. The molecule has 0 spiro atoms. The second-order valence-corrected chi connectivity index (χ2v) is 5.98. The van der Waals surface area contributed by atoms with Crippen molar-refractivity contribution in [3.63, 3.8) is 0 Å². The molecule has 3 aromatic rings. The molecule has 0 aliphatic rings. The lowest BCUT2D eigenvalue weighted by Crippen LogP contribution is -2.15. The van der Waals surface area contributed by atoms with Gasteiger partial charge < -0.3 is 15.0 Å². The number of benzene rings is 2. The third-order valence-electron chi connectivity index (χ3n) is 4.30. The Hall–Kier alpha value is -2.10. The van der Waals surface area contributed by atoms with Crippen molar-refractivity contribution in [2.24, 2.45) is 0 Å². The summed E-state index contributed by atoms with van der Waals surface area (Å²) in [5.41, 5.74) is 5.27. The predicted molar refractivity (Wildman–Crippen MR) is 95.6 cm³/mol. The van der Waals surface area contributed by atoms with Crippen LogP contribution in [0.15, 0.2) is 54.7 Å². The number of nitrogens with zero attached hydrogens (tertiary/aromatic N) is 1. The summed E-state index contributed by atoms with van der Waals surface area (Å²) >= 11 is 0. The average Bonchev–Trinajstić information content (AvgIpc) is 2.92. The Morgan fingerprint density at radius 2 is 1.78 bits per heavy atom. The first-order chi connectivity index (χ1) is 11.3. The Kier molecular flexibility index (Phi) is 5.11. The molecule has 23 heavy (non-hydrogen) atoms. The molecular weight excluding hydrogens is 284 g/mol. The maximum atomic E-state index is 8.89. The van der Waals surface area contributed by atoms with Crippen LogP contribution in [0.5, 0.6) is 0 Å². The number of hydrogen-bond donors (Lipinski definition) is 2. The van der Waals surface area contributed by atoms with Crippen molar-refractivity contribution in [3.8, 4) is 0 Å². The molecule has 0 bridgehead atoms. The van der Waals surface area contributed by atoms with Crippen molar-refractivity contribution in [1.82, 2.24) is 9.88 Å². The second-order valence-electron chi connectivity index (χ2n) is 5.98. The van der Waals surface area contributed by atoms with E-state index in [1.165, 1.54) is 27.6 Å². The van der Waals surface area contributed by atoms with Crippen LogP contribution in [-0.2, 0) is 13.1 Å². The van der Waals surface area contributed by atoms with Crippen LogP contribution in [0.2, 0.25) is 0 Å². The highest BCUT2D eigenvalue weighted by Gasteiger charge is 2.09. The summed E-state index contributed by atoms with van der Waals surface area (Å²) in [6.45, 7) is 4.97. The van der Waals surface area contributed by atoms with Gasteiger partial charge in [-0.2, -0.15) is 0 Å². The van der Waals surface area contributed by atoms with E-state index in [2.05, 4.69) is 71.5 Å². The molecule has 0 fully saturated rings. The topological polar surface area (TPSA) is 37.2 Å². The quantitative estimate of drug-likeness (QED) is 0.656. The van der Waals surface area contributed by atoms with E-state index in [1.54, 1.807) is 0 Å². The second kappa shape index (κ2) is 7.44. The maximum Gasteiger partial charge on any atom is 0.0486 e. The molecule has 0 saturated carbocycles. The summed E-state index contributed by atoms with van der Waals surface area (Å²) in [5, 5.41) is 13.6. The van der Waals surface area contributed by atoms with Crippen LogP contribution in [-0.4, -0.2) is 22.8 Å². The van der Waals surface area contributed by atoms with Gasteiger partial charge in [-0.1, -0.05) is 42.5 Å². The van der Waals surface area contributed by atoms with Gasteiger partial charge in [0.15, 0.2) is 0 Å². The van der Waals surface area contributed by atoms with E-state index in [4.69, 9.17) is 5.11 Å². The fourth-order valence-corrected chi connectivity index (χ4v) is 2.99. The van der Waals surface area contributed by atoms with Crippen LogP contribution >= 0.6 is 0 Å². The zero-order valence-electron chi connectivity index (χ0n) is 13.6. The number of nitrogens with one attached hydrogen (secondary N) is 1. The summed E-state index contributed by atoms with van der Waals surface area (Å²) in [4.78, 5) is 0. The van der Waals surface area contributed by atoms with Crippen LogP contribution in [0.4, 0.5) is 0 Å². The van der Waals surface area contributed by atoms with Gasteiger partial charge in [-0.05, 0) is 42.6 Å². The SMILES string of the molecule is Cc1ccccc1Cn1cc(CNCCCO)c2ccccc21. The smallest absolute Gasteiger partial charge is 0.0486 e. The number of rotatable bonds is 7. The number of fused-ring (bicyclic) bond motifs is 1. The molecule has 3 heteroatoms. The molecule has 0 amide bonds. The van der Waals surface area contributed by atoms with Gasteiger partial charge in [-0.3, -0.25) is 0 Å². The fourth-order valence-electron chi connectivity index (χ4n) is 2.99. The van der Waals surface area contributed by atoms with Gasteiger partial charge in [0.1, 0.15) is 0 Å². The number of aryl methyl sites for hydroxylation is 1. The van der Waals surface area contributed by atoms with Crippen LogP contribution in [0, 0.1) is 6.92 Å². The van der Waals surface area contributed by atoms with Crippen molar-refractivity contribution in [3.05, 3.63) is 71.4 Å². The number of aromatic nitrogens is 1. The summed E-state index contributed by atoms with van der Waals surface area (Å²) in [5.74, 6) is 0. The van der Waals surface area contributed by atoms with Crippen LogP contribution < -0.4 is 5.32 Å². The van der Waals surface area contributed by atoms with E-state index in [9.17, 15) is 0 Å². The Labute approximate surface area is 137 Å². The van der Waals surface area contributed by atoms with E-state index < -0.39 is 0 Å². The van der Waals surface area contributed by atoms with Gasteiger partial charge >= 0.3 is 0 Å². The summed E-state index contributed by atoms with van der Waals surface area (Å²) in [6.07, 6.45) is 3.05. The van der Waals surface area contributed by atoms with Crippen molar-refractivity contribution in [1.29, 1.82) is 0 Å². The lowest BCUT2D eigenvalue weighted by Gasteiger charge is -2.08. The Balaban J connectivity index is 1.87. The molecular formula is C20H24N2O. The van der Waals surface area contributed by atoms with Crippen LogP contribution in [0.25, 0.3) is 10.9 Å². The highest BCUT2D eigenvalue weighted by atomic mass is 16.3. The van der Waals surface area contributed by atoms with Gasteiger partial charge in [0.25, 0.3) is 0 Å². The molecule has 2 aromatic carbocycles. The fraction of sp³-hybridized carbons (Fsp3) is 0.300. The highest BCUT2D eigenvalue weighted by molar-refractivity contribution is 5.84. The number of hydrogen-bond acceptors (Lipinski definition) is 2. The first kappa shape index (κ1) is 15.8. The monoisotopic (exact) mass is 308 g/mol. The summed E-state index contributed by atoms with van der Waals surface area (Å²) in [7, 11) is 0. The molecule has 0 atom stereocenters. The van der Waals surface area contributed by atoms with Crippen molar-refractivity contribution in [2.45, 2.75) is 26.4 Å². The third kappa shape index (κ3) is 3.63. The van der Waals surface area contributed by atoms with E-state index in [1.807, 2.05) is 0 Å². The minimum absolute atomic E-state index is 0.238. The first-order valence-corrected chi connectivity index (χ1v) is 8.22. The molecule has 3 nitrogen and oxygen atoms in total. The van der Waals surface area contributed by atoms with Gasteiger partial charge in [0.2, 0.25) is 0 Å². The Morgan fingerprint density at radius 1 is 1.00 bits per heavy atom. The Bertz CT molecular complexity index is 776. The third-order valence-corrected chi connectivity index (χ3v) is 4.30. The van der Waals surface area contributed by atoms with Gasteiger partial charge in [0.05, 0.1) is 0 Å². The Morgan fingerprint density at radius 3 is 2.61 bits per heavy atom. The van der Waals surface area contributed by atoms with Crippen LogP contribution in [0.3, 0.4) is 0 Å². The van der Waals surface area contributed by atoms with E-state index in [0.717, 1.165) is 26.1 Å². The minimum atomic E-state index is 0.238. The molecule has 3 rings (SSSR count). The van der Waals surface area contributed by atoms with Gasteiger partial charge in [-0.25, -0.2) is 0 Å². The van der Waals surface area contributed by atoms with Crippen molar-refractivity contribution < 1.29 is 5.11 Å².